The summed E-state index contributed by atoms with van der Waals surface area (Å²) in [5.74, 6) is 2.53. The monoisotopic (exact) mass is 199 g/mol. The number of hydrogen-bond donors (Lipinski definition) is 1. The van der Waals surface area contributed by atoms with Crippen LogP contribution < -0.4 is 5.32 Å². The summed E-state index contributed by atoms with van der Waals surface area (Å²) in [5, 5.41) is 3.42. The van der Waals surface area contributed by atoms with Crippen molar-refractivity contribution in [3.8, 4) is 0 Å². The van der Waals surface area contributed by atoms with Gasteiger partial charge in [0.1, 0.15) is 0 Å². The van der Waals surface area contributed by atoms with Crippen LogP contribution in [0.3, 0.4) is 0 Å². The van der Waals surface area contributed by atoms with E-state index in [0.717, 1.165) is 30.4 Å². The molecule has 0 saturated heterocycles. The minimum atomic E-state index is 0.741. The predicted octanol–water partition coefficient (Wildman–Crippen LogP) is 2.29. The van der Waals surface area contributed by atoms with Gasteiger partial charge < -0.3 is 10.1 Å². The van der Waals surface area contributed by atoms with Crippen molar-refractivity contribution < 1.29 is 4.74 Å². The van der Waals surface area contributed by atoms with Crippen LogP contribution in [0.1, 0.15) is 33.1 Å². The van der Waals surface area contributed by atoms with E-state index in [1.54, 1.807) is 7.11 Å². The van der Waals surface area contributed by atoms with Gasteiger partial charge in [-0.05, 0) is 44.1 Å². The van der Waals surface area contributed by atoms with Gasteiger partial charge in [0.25, 0.3) is 0 Å². The summed E-state index contributed by atoms with van der Waals surface area (Å²) in [7, 11) is 3.88. The fraction of sp³-hybridized carbons (Fsp3) is 1.00. The van der Waals surface area contributed by atoms with Crippen LogP contribution in [-0.4, -0.2) is 26.8 Å². The van der Waals surface area contributed by atoms with E-state index in [4.69, 9.17) is 4.74 Å². The molecule has 1 aliphatic rings. The molecule has 0 aromatic rings. The third-order valence-corrected chi connectivity index (χ3v) is 4.00. The van der Waals surface area contributed by atoms with Crippen LogP contribution in [0.5, 0.6) is 0 Å². The quantitative estimate of drug-likeness (QED) is 0.733. The Balaban J connectivity index is 2.37. The standard InChI is InChI=1S/C12H25NO/c1-9(7-8-14-4)11-5-6-12(13-3)10(11)2/h9-13H,5-8H2,1-4H3. The third kappa shape index (κ3) is 2.71. The molecule has 1 rings (SSSR count). The molecule has 4 atom stereocenters. The van der Waals surface area contributed by atoms with Crippen LogP contribution >= 0.6 is 0 Å². The summed E-state index contributed by atoms with van der Waals surface area (Å²) in [4.78, 5) is 0. The van der Waals surface area contributed by atoms with E-state index in [-0.39, 0.29) is 0 Å². The number of ether oxygens (including phenoxy) is 1. The first kappa shape index (κ1) is 12.0. The second-order valence-corrected chi connectivity index (χ2v) is 4.75. The van der Waals surface area contributed by atoms with Crippen molar-refractivity contribution in [3.05, 3.63) is 0 Å². The lowest BCUT2D eigenvalue weighted by Crippen LogP contribution is -2.31. The van der Waals surface area contributed by atoms with E-state index >= 15 is 0 Å². The average molecular weight is 199 g/mol. The molecule has 0 spiro atoms. The van der Waals surface area contributed by atoms with E-state index in [1.807, 2.05) is 0 Å². The molecular weight excluding hydrogens is 174 g/mol. The lowest BCUT2D eigenvalue weighted by molar-refractivity contribution is 0.154. The molecule has 1 N–H and O–H groups in total. The fourth-order valence-electron chi connectivity index (χ4n) is 2.92. The molecule has 0 amide bonds. The molecule has 1 aliphatic carbocycles. The molecule has 0 heterocycles. The maximum Gasteiger partial charge on any atom is 0.0464 e. The lowest BCUT2D eigenvalue weighted by Gasteiger charge is -2.25. The zero-order valence-electron chi connectivity index (χ0n) is 10.0. The molecule has 4 unspecified atom stereocenters. The van der Waals surface area contributed by atoms with Gasteiger partial charge in [0.05, 0.1) is 0 Å². The van der Waals surface area contributed by atoms with E-state index in [0.29, 0.717) is 0 Å². The zero-order valence-corrected chi connectivity index (χ0v) is 10.0. The van der Waals surface area contributed by atoms with Gasteiger partial charge in [0, 0.05) is 19.8 Å². The van der Waals surface area contributed by atoms with E-state index in [2.05, 4.69) is 26.2 Å². The van der Waals surface area contributed by atoms with E-state index in [1.165, 1.54) is 19.3 Å². The summed E-state index contributed by atoms with van der Waals surface area (Å²) in [6.07, 6.45) is 3.94. The van der Waals surface area contributed by atoms with Crippen molar-refractivity contribution in [3.63, 3.8) is 0 Å². The maximum atomic E-state index is 5.14. The van der Waals surface area contributed by atoms with Gasteiger partial charge in [0.2, 0.25) is 0 Å². The number of hydrogen-bond acceptors (Lipinski definition) is 2. The molecule has 0 aromatic carbocycles. The lowest BCUT2D eigenvalue weighted by atomic mass is 9.83. The highest BCUT2D eigenvalue weighted by molar-refractivity contribution is 4.88. The molecule has 0 aliphatic heterocycles. The van der Waals surface area contributed by atoms with Gasteiger partial charge >= 0.3 is 0 Å². The summed E-state index contributed by atoms with van der Waals surface area (Å²) >= 11 is 0. The molecule has 0 radical (unpaired) electrons. The molecule has 2 nitrogen and oxygen atoms in total. The van der Waals surface area contributed by atoms with E-state index < -0.39 is 0 Å². The SMILES string of the molecule is CNC1CCC(C(C)CCOC)C1C. The second kappa shape index (κ2) is 5.72. The van der Waals surface area contributed by atoms with Gasteiger partial charge in [-0.1, -0.05) is 13.8 Å². The normalized spacial score (nSPS) is 34.7. The smallest absolute Gasteiger partial charge is 0.0464 e. The maximum absolute atomic E-state index is 5.14. The highest BCUT2D eigenvalue weighted by atomic mass is 16.5. The molecule has 84 valence electrons. The Morgan fingerprint density at radius 3 is 2.64 bits per heavy atom. The van der Waals surface area contributed by atoms with Gasteiger partial charge in [-0.3, -0.25) is 0 Å². The molecule has 0 aromatic heterocycles. The average Bonchev–Trinajstić information content (AvgIpc) is 2.56. The molecule has 14 heavy (non-hydrogen) atoms. The third-order valence-electron chi connectivity index (χ3n) is 4.00. The van der Waals surface area contributed by atoms with Crippen LogP contribution in [0, 0.1) is 17.8 Å². The Morgan fingerprint density at radius 1 is 1.43 bits per heavy atom. The fourth-order valence-corrected chi connectivity index (χ4v) is 2.92. The summed E-state index contributed by atoms with van der Waals surface area (Å²) in [5.41, 5.74) is 0. The number of rotatable bonds is 5. The topological polar surface area (TPSA) is 21.3 Å². The Labute approximate surface area is 88.4 Å². The molecule has 0 bridgehead atoms. The Hall–Kier alpha value is -0.0800. The zero-order chi connectivity index (χ0) is 10.6. The second-order valence-electron chi connectivity index (χ2n) is 4.75. The largest absolute Gasteiger partial charge is 0.385 e. The van der Waals surface area contributed by atoms with Crippen LogP contribution in [0.2, 0.25) is 0 Å². The van der Waals surface area contributed by atoms with Crippen molar-refractivity contribution in [1.82, 2.24) is 5.32 Å². The summed E-state index contributed by atoms with van der Waals surface area (Å²) in [6, 6.07) is 0.741. The van der Waals surface area contributed by atoms with E-state index in [9.17, 15) is 0 Å². The Kier molecular flexibility index (Phi) is 4.90. The van der Waals surface area contributed by atoms with Crippen LogP contribution in [0.25, 0.3) is 0 Å². The van der Waals surface area contributed by atoms with Crippen LogP contribution in [-0.2, 0) is 4.74 Å². The predicted molar refractivity (Wildman–Crippen MR) is 60.4 cm³/mol. The van der Waals surface area contributed by atoms with Crippen molar-refractivity contribution >= 4 is 0 Å². The molecule has 1 saturated carbocycles. The summed E-state index contributed by atoms with van der Waals surface area (Å²) < 4.78 is 5.14. The molecule has 1 fully saturated rings. The molecular formula is C12H25NO. The van der Waals surface area contributed by atoms with Gasteiger partial charge in [-0.2, -0.15) is 0 Å². The number of methoxy groups -OCH3 is 1. The first-order valence-corrected chi connectivity index (χ1v) is 5.87. The first-order valence-electron chi connectivity index (χ1n) is 5.87. The Morgan fingerprint density at radius 2 is 2.14 bits per heavy atom. The minimum absolute atomic E-state index is 0.741. The van der Waals surface area contributed by atoms with Crippen molar-refractivity contribution in [2.75, 3.05) is 20.8 Å². The van der Waals surface area contributed by atoms with Gasteiger partial charge in [-0.25, -0.2) is 0 Å². The van der Waals surface area contributed by atoms with Crippen molar-refractivity contribution in [1.29, 1.82) is 0 Å². The minimum Gasteiger partial charge on any atom is -0.385 e. The first-order chi connectivity index (χ1) is 6.70. The van der Waals surface area contributed by atoms with Gasteiger partial charge in [-0.15, -0.1) is 0 Å². The number of nitrogens with one attached hydrogen (secondary N) is 1. The van der Waals surface area contributed by atoms with Crippen molar-refractivity contribution in [2.45, 2.75) is 39.2 Å². The molecule has 2 heteroatoms. The van der Waals surface area contributed by atoms with Crippen LogP contribution in [0.15, 0.2) is 0 Å². The van der Waals surface area contributed by atoms with Crippen LogP contribution in [0.4, 0.5) is 0 Å². The highest BCUT2D eigenvalue weighted by Crippen LogP contribution is 2.37. The van der Waals surface area contributed by atoms with Crippen molar-refractivity contribution in [2.24, 2.45) is 17.8 Å². The van der Waals surface area contributed by atoms with Gasteiger partial charge in [0.15, 0.2) is 0 Å². The highest BCUT2D eigenvalue weighted by Gasteiger charge is 2.34. The summed E-state index contributed by atoms with van der Waals surface area (Å²) in [6.45, 7) is 5.68. The Bertz CT molecular complexity index is 160.